The fraction of sp³-hybridized carbons (Fsp3) is 0.188. The minimum Gasteiger partial charge on any atom is -0.326 e. The average Bonchev–Trinajstić information content (AvgIpc) is 3.29. The molecule has 1 aliphatic rings. The highest BCUT2D eigenvalue weighted by Crippen LogP contribution is 2.47. The summed E-state index contributed by atoms with van der Waals surface area (Å²) in [6, 6.07) is 15.9. The molecule has 1 amide bonds. The molecule has 1 N–H and O–H groups in total. The number of carbonyl (C=O) groups excluding carboxylic acids is 1. The molecule has 5 heteroatoms. The molecule has 0 saturated heterocycles. The van der Waals surface area contributed by atoms with Crippen molar-refractivity contribution in [3.63, 3.8) is 0 Å². The van der Waals surface area contributed by atoms with E-state index in [9.17, 15) is 14.9 Å². The lowest BCUT2D eigenvalue weighted by atomic mass is 10.1. The molecule has 0 aliphatic heterocycles. The van der Waals surface area contributed by atoms with E-state index in [2.05, 4.69) is 5.32 Å². The third kappa shape index (κ3) is 2.91. The van der Waals surface area contributed by atoms with Gasteiger partial charge in [-0.3, -0.25) is 14.9 Å². The fourth-order valence-electron chi connectivity index (χ4n) is 2.49. The van der Waals surface area contributed by atoms with Gasteiger partial charge in [-0.25, -0.2) is 0 Å². The van der Waals surface area contributed by atoms with Gasteiger partial charge in [0, 0.05) is 23.7 Å². The highest BCUT2D eigenvalue weighted by atomic mass is 16.6. The van der Waals surface area contributed by atoms with Crippen molar-refractivity contribution in [2.24, 2.45) is 5.92 Å². The van der Waals surface area contributed by atoms with Crippen molar-refractivity contribution in [1.29, 1.82) is 0 Å². The standard InChI is InChI=1S/C16H14N2O3/c19-16(15-10-14(15)11-5-2-1-3-6-11)17-12-7-4-8-13(9-12)18(20)21/h1-9,14-15H,10H2,(H,17,19)/t14-,15+/m1/s1. The number of nitrogens with one attached hydrogen (secondary N) is 1. The molecule has 0 unspecified atom stereocenters. The Labute approximate surface area is 121 Å². The smallest absolute Gasteiger partial charge is 0.271 e. The van der Waals surface area contributed by atoms with Crippen LogP contribution in [0, 0.1) is 16.0 Å². The van der Waals surface area contributed by atoms with Gasteiger partial charge in [-0.05, 0) is 24.0 Å². The molecule has 0 spiro atoms. The third-order valence-electron chi connectivity index (χ3n) is 3.68. The Morgan fingerprint density at radius 2 is 1.90 bits per heavy atom. The molecule has 106 valence electrons. The van der Waals surface area contributed by atoms with Crippen LogP contribution >= 0.6 is 0 Å². The van der Waals surface area contributed by atoms with Gasteiger partial charge in [0.15, 0.2) is 0 Å². The van der Waals surface area contributed by atoms with E-state index in [1.807, 2.05) is 30.3 Å². The quantitative estimate of drug-likeness (QED) is 0.690. The molecule has 0 aromatic heterocycles. The van der Waals surface area contributed by atoms with Crippen molar-refractivity contribution < 1.29 is 9.72 Å². The number of rotatable bonds is 4. The van der Waals surface area contributed by atoms with Gasteiger partial charge in [0.25, 0.3) is 5.69 Å². The second-order valence-electron chi connectivity index (χ2n) is 5.16. The summed E-state index contributed by atoms with van der Waals surface area (Å²) in [7, 11) is 0. The molecule has 2 aromatic rings. The number of benzene rings is 2. The van der Waals surface area contributed by atoms with E-state index in [1.165, 1.54) is 12.1 Å². The lowest BCUT2D eigenvalue weighted by Gasteiger charge is -2.05. The highest BCUT2D eigenvalue weighted by molar-refractivity contribution is 5.95. The lowest BCUT2D eigenvalue weighted by molar-refractivity contribution is -0.384. The molecule has 0 bridgehead atoms. The van der Waals surface area contributed by atoms with Crippen LogP contribution in [-0.4, -0.2) is 10.8 Å². The monoisotopic (exact) mass is 282 g/mol. The van der Waals surface area contributed by atoms with E-state index < -0.39 is 4.92 Å². The van der Waals surface area contributed by atoms with Crippen LogP contribution in [0.2, 0.25) is 0 Å². The SMILES string of the molecule is O=C(Nc1cccc([N+](=O)[O-])c1)[C@H]1C[C@@H]1c1ccccc1. The maximum absolute atomic E-state index is 12.2. The van der Waals surface area contributed by atoms with Gasteiger partial charge < -0.3 is 5.32 Å². The van der Waals surface area contributed by atoms with Gasteiger partial charge >= 0.3 is 0 Å². The zero-order valence-electron chi connectivity index (χ0n) is 11.2. The van der Waals surface area contributed by atoms with Gasteiger partial charge in [-0.2, -0.15) is 0 Å². The van der Waals surface area contributed by atoms with Gasteiger partial charge in [-0.1, -0.05) is 36.4 Å². The molecule has 5 nitrogen and oxygen atoms in total. The summed E-state index contributed by atoms with van der Waals surface area (Å²) in [6.07, 6.45) is 0.824. The van der Waals surface area contributed by atoms with Crippen molar-refractivity contribution in [3.05, 3.63) is 70.3 Å². The van der Waals surface area contributed by atoms with E-state index in [-0.39, 0.29) is 23.4 Å². The normalized spacial score (nSPS) is 19.8. The summed E-state index contributed by atoms with van der Waals surface area (Å²) in [4.78, 5) is 22.4. The summed E-state index contributed by atoms with van der Waals surface area (Å²) < 4.78 is 0. The maximum atomic E-state index is 12.2. The number of nitro benzene ring substituents is 1. The van der Waals surface area contributed by atoms with Crippen LogP contribution in [-0.2, 0) is 4.79 Å². The highest BCUT2D eigenvalue weighted by Gasteiger charge is 2.43. The van der Waals surface area contributed by atoms with E-state index in [1.54, 1.807) is 12.1 Å². The van der Waals surface area contributed by atoms with Crippen LogP contribution < -0.4 is 5.32 Å². The number of hydrogen-bond donors (Lipinski definition) is 1. The Bertz CT molecular complexity index is 685. The largest absolute Gasteiger partial charge is 0.326 e. The molecule has 1 fully saturated rings. The molecular formula is C16H14N2O3. The Hall–Kier alpha value is -2.69. The summed E-state index contributed by atoms with van der Waals surface area (Å²) in [5, 5.41) is 13.5. The first-order valence-electron chi connectivity index (χ1n) is 6.75. The first kappa shape index (κ1) is 13.3. The fourth-order valence-corrected chi connectivity index (χ4v) is 2.49. The van der Waals surface area contributed by atoms with E-state index in [0.29, 0.717) is 5.69 Å². The molecule has 0 heterocycles. The first-order chi connectivity index (χ1) is 10.1. The Balaban J connectivity index is 1.66. The maximum Gasteiger partial charge on any atom is 0.271 e. The number of amides is 1. The minimum absolute atomic E-state index is 0.0248. The minimum atomic E-state index is -0.473. The van der Waals surface area contributed by atoms with Crippen LogP contribution in [0.4, 0.5) is 11.4 Å². The number of carbonyl (C=O) groups is 1. The van der Waals surface area contributed by atoms with Crippen LogP contribution in [0.1, 0.15) is 17.9 Å². The van der Waals surface area contributed by atoms with E-state index in [4.69, 9.17) is 0 Å². The average molecular weight is 282 g/mol. The van der Waals surface area contributed by atoms with E-state index >= 15 is 0 Å². The summed E-state index contributed by atoms with van der Waals surface area (Å²) in [5.41, 5.74) is 1.60. The molecule has 21 heavy (non-hydrogen) atoms. The topological polar surface area (TPSA) is 72.2 Å². The van der Waals surface area contributed by atoms with Gasteiger partial charge in [0.2, 0.25) is 5.91 Å². The Morgan fingerprint density at radius 3 is 2.62 bits per heavy atom. The third-order valence-corrected chi connectivity index (χ3v) is 3.68. The number of non-ortho nitro benzene ring substituents is 1. The second-order valence-corrected chi connectivity index (χ2v) is 5.16. The van der Waals surface area contributed by atoms with Crippen LogP contribution in [0.5, 0.6) is 0 Å². The number of nitrogens with zero attached hydrogens (tertiary/aromatic N) is 1. The molecule has 2 aromatic carbocycles. The summed E-state index contributed by atoms with van der Waals surface area (Å²) >= 11 is 0. The lowest BCUT2D eigenvalue weighted by Crippen LogP contribution is -2.14. The van der Waals surface area contributed by atoms with Crippen molar-refractivity contribution in [3.8, 4) is 0 Å². The molecular weight excluding hydrogens is 268 g/mol. The number of anilines is 1. The molecule has 2 atom stereocenters. The molecule has 1 aliphatic carbocycles. The van der Waals surface area contributed by atoms with Gasteiger partial charge in [0.1, 0.15) is 0 Å². The molecule has 1 saturated carbocycles. The van der Waals surface area contributed by atoms with E-state index in [0.717, 1.165) is 12.0 Å². The second kappa shape index (κ2) is 5.36. The van der Waals surface area contributed by atoms with Crippen LogP contribution in [0.25, 0.3) is 0 Å². The van der Waals surface area contributed by atoms with Crippen LogP contribution in [0.15, 0.2) is 54.6 Å². The number of hydrogen-bond acceptors (Lipinski definition) is 3. The zero-order chi connectivity index (χ0) is 14.8. The van der Waals surface area contributed by atoms with Crippen molar-refractivity contribution >= 4 is 17.3 Å². The zero-order valence-corrected chi connectivity index (χ0v) is 11.2. The first-order valence-corrected chi connectivity index (χ1v) is 6.75. The summed E-state index contributed by atoms with van der Waals surface area (Å²) in [5.74, 6) is 0.126. The number of nitro groups is 1. The Morgan fingerprint density at radius 1 is 1.14 bits per heavy atom. The molecule has 3 rings (SSSR count). The molecule has 0 radical (unpaired) electrons. The van der Waals surface area contributed by atoms with Crippen LogP contribution in [0.3, 0.4) is 0 Å². The van der Waals surface area contributed by atoms with Crippen molar-refractivity contribution in [2.75, 3.05) is 5.32 Å². The van der Waals surface area contributed by atoms with Crippen molar-refractivity contribution in [1.82, 2.24) is 0 Å². The summed E-state index contributed by atoms with van der Waals surface area (Å²) in [6.45, 7) is 0. The predicted octanol–water partition coefficient (Wildman–Crippen LogP) is 3.34. The van der Waals surface area contributed by atoms with Crippen molar-refractivity contribution in [2.45, 2.75) is 12.3 Å². The van der Waals surface area contributed by atoms with Gasteiger partial charge in [0.05, 0.1) is 4.92 Å². The van der Waals surface area contributed by atoms with Gasteiger partial charge in [-0.15, -0.1) is 0 Å². The Kier molecular flexibility index (Phi) is 3.39. The predicted molar refractivity (Wildman–Crippen MR) is 79.0 cm³/mol.